The van der Waals surface area contributed by atoms with E-state index in [2.05, 4.69) is 5.32 Å². The molecule has 0 radical (unpaired) electrons. The van der Waals surface area contributed by atoms with Gasteiger partial charge in [-0.1, -0.05) is 46.5 Å². The van der Waals surface area contributed by atoms with Crippen LogP contribution in [0.5, 0.6) is 0 Å². The van der Waals surface area contributed by atoms with Crippen LogP contribution in [0.4, 0.5) is 0 Å². The first kappa shape index (κ1) is 26.8. The first-order valence-corrected chi connectivity index (χ1v) is 16.7. The highest BCUT2D eigenvalue weighted by Crippen LogP contribution is 2.54. The summed E-state index contributed by atoms with van der Waals surface area (Å²) in [6, 6.07) is 13.6. The van der Waals surface area contributed by atoms with E-state index in [9.17, 15) is 26.4 Å². The molecule has 41 heavy (non-hydrogen) atoms. The fraction of sp³-hybridized carbons (Fsp3) is 0.400. The second kappa shape index (κ2) is 9.19. The number of fused-ring (bicyclic) bond motifs is 5. The molecule has 2 amide bonds. The van der Waals surface area contributed by atoms with Crippen molar-refractivity contribution in [3.8, 4) is 0 Å². The molecule has 1 N–H and O–H groups in total. The standard InChI is InChI=1S/C30H31N3O6S2/c1-17-3-7-19(8-4-17)40(36,37)32-13-25-21-11-23-24(30(35)31-29(23)34)12-22(21)26-14-33(16-28(26)27(25)15-32)41(38,39)20-9-5-18(2)6-10-20/h3-10,23-26H,11-16H2,1-2H3,(H,31,34,35)/t23-,24+,25-,26+. The summed E-state index contributed by atoms with van der Waals surface area (Å²) in [4.78, 5) is 25.7. The Morgan fingerprint density at radius 1 is 0.610 bits per heavy atom. The molecule has 2 aliphatic carbocycles. The maximum Gasteiger partial charge on any atom is 0.243 e. The maximum atomic E-state index is 13.7. The largest absolute Gasteiger partial charge is 0.296 e. The lowest BCUT2D eigenvalue weighted by Crippen LogP contribution is -2.34. The van der Waals surface area contributed by atoms with Gasteiger partial charge in [0.25, 0.3) is 0 Å². The highest BCUT2D eigenvalue weighted by atomic mass is 32.2. The molecule has 0 spiro atoms. The van der Waals surface area contributed by atoms with E-state index >= 15 is 0 Å². The third-order valence-corrected chi connectivity index (χ3v) is 13.2. The van der Waals surface area contributed by atoms with Gasteiger partial charge in [-0.25, -0.2) is 16.8 Å². The summed E-state index contributed by atoms with van der Waals surface area (Å²) in [6.07, 6.45) is 0.775. The molecule has 2 aromatic rings. The smallest absolute Gasteiger partial charge is 0.243 e. The number of amides is 2. The van der Waals surface area contributed by atoms with Gasteiger partial charge < -0.3 is 0 Å². The molecule has 2 aromatic carbocycles. The topological polar surface area (TPSA) is 121 Å². The predicted octanol–water partition coefficient (Wildman–Crippen LogP) is 2.53. The van der Waals surface area contributed by atoms with E-state index in [0.717, 1.165) is 33.4 Å². The number of benzene rings is 2. The van der Waals surface area contributed by atoms with E-state index in [-0.39, 0.29) is 59.6 Å². The Morgan fingerprint density at radius 2 is 0.976 bits per heavy atom. The second-order valence-electron chi connectivity index (χ2n) is 11.9. The van der Waals surface area contributed by atoms with Gasteiger partial charge in [0.15, 0.2) is 0 Å². The van der Waals surface area contributed by atoms with Crippen LogP contribution in [0.15, 0.2) is 80.6 Å². The minimum atomic E-state index is -3.79. The van der Waals surface area contributed by atoms with Crippen molar-refractivity contribution in [2.24, 2.45) is 23.7 Å². The number of hydrogen-bond donors (Lipinski definition) is 1. The van der Waals surface area contributed by atoms with Crippen LogP contribution in [0.25, 0.3) is 0 Å². The van der Waals surface area contributed by atoms with Crippen molar-refractivity contribution in [2.75, 3.05) is 26.2 Å². The summed E-state index contributed by atoms with van der Waals surface area (Å²) in [5.74, 6) is -1.97. The predicted molar refractivity (Wildman–Crippen MR) is 150 cm³/mol. The van der Waals surface area contributed by atoms with Gasteiger partial charge in [0.05, 0.1) is 21.6 Å². The number of carbonyl (C=O) groups is 2. The molecule has 0 bridgehead atoms. The van der Waals surface area contributed by atoms with Crippen molar-refractivity contribution in [2.45, 2.75) is 36.5 Å². The van der Waals surface area contributed by atoms with Crippen molar-refractivity contribution < 1.29 is 26.4 Å². The van der Waals surface area contributed by atoms with Crippen LogP contribution in [0, 0.1) is 37.5 Å². The molecule has 5 aliphatic rings. The number of carbonyl (C=O) groups excluding carboxylic acids is 2. The molecular formula is C30H31N3O6S2. The Balaban J connectivity index is 1.30. The molecule has 214 valence electrons. The lowest BCUT2D eigenvalue weighted by Gasteiger charge is -2.38. The number of aryl methyl sites for hydroxylation is 2. The van der Waals surface area contributed by atoms with Gasteiger partial charge >= 0.3 is 0 Å². The number of nitrogens with one attached hydrogen (secondary N) is 1. The highest BCUT2D eigenvalue weighted by Gasteiger charge is 2.54. The average Bonchev–Trinajstić information content (AvgIpc) is 3.65. The molecule has 3 saturated heterocycles. The van der Waals surface area contributed by atoms with E-state index in [1.165, 1.54) is 8.61 Å². The SMILES string of the molecule is Cc1ccc(S(=O)(=O)N2CC3=C4CN(S(=O)(=O)c5ccc(C)cc5)C[C@H]4C4=C(C[C@H]5C(=O)NC(=O)[C@H]5C4)[C@H]3C2)cc1. The Morgan fingerprint density at radius 3 is 1.34 bits per heavy atom. The number of sulfonamides is 2. The van der Waals surface area contributed by atoms with Gasteiger partial charge in [-0.2, -0.15) is 8.61 Å². The highest BCUT2D eigenvalue weighted by molar-refractivity contribution is 7.89. The normalized spacial score (nSPS) is 28.4. The van der Waals surface area contributed by atoms with Crippen LogP contribution >= 0.6 is 0 Å². The first-order chi connectivity index (χ1) is 19.4. The van der Waals surface area contributed by atoms with Crippen molar-refractivity contribution >= 4 is 31.9 Å². The third-order valence-electron chi connectivity index (χ3n) is 9.58. The van der Waals surface area contributed by atoms with Crippen LogP contribution in [0.2, 0.25) is 0 Å². The van der Waals surface area contributed by atoms with E-state index in [4.69, 9.17) is 0 Å². The molecule has 9 nitrogen and oxygen atoms in total. The summed E-state index contributed by atoms with van der Waals surface area (Å²) < 4.78 is 57.9. The van der Waals surface area contributed by atoms with Crippen LogP contribution in [-0.4, -0.2) is 63.4 Å². The van der Waals surface area contributed by atoms with Gasteiger partial charge in [-0.05, 0) is 62.1 Å². The van der Waals surface area contributed by atoms with Gasteiger partial charge in [0.2, 0.25) is 31.9 Å². The minimum Gasteiger partial charge on any atom is -0.296 e. The lowest BCUT2D eigenvalue weighted by atomic mass is 9.65. The fourth-order valence-corrected chi connectivity index (χ4v) is 10.2. The van der Waals surface area contributed by atoms with Crippen molar-refractivity contribution in [1.29, 1.82) is 0 Å². The van der Waals surface area contributed by atoms with E-state index in [1.807, 2.05) is 13.8 Å². The molecule has 0 saturated carbocycles. The van der Waals surface area contributed by atoms with Crippen LogP contribution in [0.1, 0.15) is 24.0 Å². The number of nitrogens with zero attached hydrogens (tertiary/aromatic N) is 2. The zero-order valence-corrected chi connectivity index (χ0v) is 24.5. The van der Waals surface area contributed by atoms with Gasteiger partial charge in [-0.15, -0.1) is 0 Å². The van der Waals surface area contributed by atoms with Gasteiger partial charge in [0.1, 0.15) is 0 Å². The lowest BCUT2D eigenvalue weighted by molar-refractivity contribution is -0.126. The third kappa shape index (κ3) is 4.08. The summed E-state index contributed by atoms with van der Waals surface area (Å²) in [5, 5.41) is 2.48. The summed E-state index contributed by atoms with van der Waals surface area (Å²) in [5.41, 5.74) is 5.82. The summed E-state index contributed by atoms with van der Waals surface area (Å²) in [7, 11) is -7.59. The fourth-order valence-electron chi connectivity index (χ4n) is 7.34. The molecule has 3 fully saturated rings. The molecule has 11 heteroatoms. The summed E-state index contributed by atoms with van der Waals surface area (Å²) in [6.45, 7) is 4.63. The van der Waals surface area contributed by atoms with E-state index < -0.39 is 31.9 Å². The van der Waals surface area contributed by atoms with E-state index in [1.54, 1.807) is 48.5 Å². The zero-order valence-electron chi connectivity index (χ0n) is 22.8. The zero-order chi connectivity index (χ0) is 28.8. The Labute approximate surface area is 240 Å². The quantitative estimate of drug-likeness (QED) is 0.430. The Bertz CT molecular complexity index is 1650. The molecule has 4 atom stereocenters. The Hall–Kier alpha value is -3.12. The molecule has 3 aliphatic heterocycles. The monoisotopic (exact) mass is 593 g/mol. The van der Waals surface area contributed by atoms with Crippen molar-refractivity contribution in [1.82, 2.24) is 13.9 Å². The van der Waals surface area contributed by atoms with Gasteiger partial charge in [-0.3, -0.25) is 14.9 Å². The minimum absolute atomic E-state index is 0.182. The van der Waals surface area contributed by atoms with Crippen molar-refractivity contribution in [3.63, 3.8) is 0 Å². The second-order valence-corrected chi connectivity index (χ2v) is 15.8. The van der Waals surface area contributed by atoms with Gasteiger partial charge in [0, 0.05) is 38.0 Å². The number of imide groups is 1. The molecule has 3 heterocycles. The first-order valence-electron chi connectivity index (χ1n) is 13.9. The molecular weight excluding hydrogens is 562 g/mol. The average molecular weight is 594 g/mol. The number of rotatable bonds is 4. The maximum absolute atomic E-state index is 13.7. The Kier molecular flexibility index (Phi) is 6.00. The van der Waals surface area contributed by atoms with E-state index in [0.29, 0.717) is 12.8 Å². The number of hydrogen-bond acceptors (Lipinski definition) is 6. The van der Waals surface area contributed by atoms with Crippen LogP contribution < -0.4 is 5.32 Å². The molecule has 0 aromatic heterocycles. The molecule has 7 rings (SSSR count). The van der Waals surface area contributed by atoms with Crippen molar-refractivity contribution in [3.05, 3.63) is 82.0 Å². The van der Waals surface area contributed by atoms with Crippen LogP contribution in [0.3, 0.4) is 0 Å². The summed E-state index contributed by atoms with van der Waals surface area (Å²) >= 11 is 0. The van der Waals surface area contributed by atoms with Crippen LogP contribution in [-0.2, 0) is 29.6 Å². The molecule has 0 unspecified atom stereocenters.